The fourth-order valence-electron chi connectivity index (χ4n) is 2.31. The molecule has 0 aromatic rings. The first-order valence-corrected chi connectivity index (χ1v) is 4.81. The van der Waals surface area contributed by atoms with Crippen molar-refractivity contribution in [2.75, 3.05) is 13.7 Å². The molecule has 0 aromatic heterocycles. The Hall–Kier alpha value is -0.340. The fraction of sp³-hybridized carbons (Fsp3) is 0.800. The molecule has 0 aromatic carbocycles. The molecule has 0 aliphatic carbocycles. The molecule has 0 spiro atoms. The molecule has 2 atom stereocenters. The molecule has 68 valence electrons. The van der Waals surface area contributed by atoms with Crippen molar-refractivity contribution in [3.05, 3.63) is 11.6 Å². The van der Waals surface area contributed by atoms with Crippen molar-refractivity contribution in [3.8, 4) is 0 Å². The van der Waals surface area contributed by atoms with Crippen LogP contribution in [0, 0.1) is 0 Å². The highest BCUT2D eigenvalue weighted by atomic mass is 16.5. The highest BCUT2D eigenvalue weighted by molar-refractivity contribution is 5.13. The van der Waals surface area contributed by atoms with Crippen LogP contribution in [0.3, 0.4) is 0 Å². The molecule has 12 heavy (non-hydrogen) atoms. The Labute approximate surface area is 74.0 Å². The van der Waals surface area contributed by atoms with Crippen LogP contribution in [0.25, 0.3) is 0 Å². The summed E-state index contributed by atoms with van der Waals surface area (Å²) < 4.78 is 5.04. The van der Waals surface area contributed by atoms with Gasteiger partial charge in [0.2, 0.25) is 0 Å². The van der Waals surface area contributed by atoms with Gasteiger partial charge in [-0.05, 0) is 25.7 Å². The van der Waals surface area contributed by atoms with Crippen LogP contribution in [0.1, 0.15) is 25.7 Å². The van der Waals surface area contributed by atoms with E-state index in [-0.39, 0.29) is 0 Å². The van der Waals surface area contributed by atoms with Gasteiger partial charge in [-0.15, -0.1) is 0 Å². The van der Waals surface area contributed by atoms with Gasteiger partial charge in [0.15, 0.2) is 0 Å². The molecule has 2 fully saturated rings. The molecule has 1 unspecified atom stereocenters. The van der Waals surface area contributed by atoms with Crippen LogP contribution in [0.4, 0.5) is 0 Å². The number of ether oxygens (including phenoxy) is 1. The zero-order chi connectivity index (χ0) is 8.39. The van der Waals surface area contributed by atoms with Gasteiger partial charge < -0.3 is 10.1 Å². The highest BCUT2D eigenvalue weighted by Crippen LogP contribution is 2.29. The lowest BCUT2D eigenvalue weighted by Gasteiger charge is -2.23. The topological polar surface area (TPSA) is 21.3 Å². The van der Waals surface area contributed by atoms with Crippen molar-refractivity contribution in [2.45, 2.75) is 37.8 Å². The number of piperidine rings is 1. The van der Waals surface area contributed by atoms with E-state index < -0.39 is 0 Å². The molecule has 0 amide bonds. The zero-order valence-electron chi connectivity index (χ0n) is 7.68. The van der Waals surface area contributed by atoms with Crippen LogP contribution < -0.4 is 5.32 Å². The van der Waals surface area contributed by atoms with Gasteiger partial charge >= 0.3 is 0 Å². The number of methoxy groups -OCH3 is 1. The van der Waals surface area contributed by atoms with Crippen molar-refractivity contribution in [2.24, 2.45) is 0 Å². The van der Waals surface area contributed by atoms with E-state index in [0.717, 1.165) is 18.7 Å². The first kappa shape index (κ1) is 8.27. The summed E-state index contributed by atoms with van der Waals surface area (Å²) in [5.41, 5.74) is 1.60. The summed E-state index contributed by atoms with van der Waals surface area (Å²) in [6, 6.07) is 1.54. The molecule has 2 heterocycles. The fourth-order valence-corrected chi connectivity index (χ4v) is 2.31. The van der Waals surface area contributed by atoms with Crippen molar-refractivity contribution >= 4 is 0 Å². The maximum absolute atomic E-state index is 5.04. The van der Waals surface area contributed by atoms with E-state index in [1.807, 2.05) is 0 Å². The van der Waals surface area contributed by atoms with Gasteiger partial charge in [-0.1, -0.05) is 11.6 Å². The Morgan fingerprint density at radius 2 is 2.08 bits per heavy atom. The van der Waals surface area contributed by atoms with Crippen LogP contribution in [0.5, 0.6) is 0 Å². The quantitative estimate of drug-likeness (QED) is 0.629. The second-order valence-corrected chi connectivity index (χ2v) is 3.86. The van der Waals surface area contributed by atoms with Crippen molar-refractivity contribution in [3.63, 3.8) is 0 Å². The van der Waals surface area contributed by atoms with E-state index in [9.17, 15) is 0 Å². The minimum atomic E-state index is 0.770. The Morgan fingerprint density at radius 1 is 1.42 bits per heavy atom. The largest absolute Gasteiger partial charge is 0.381 e. The zero-order valence-corrected chi connectivity index (χ0v) is 7.68. The Kier molecular flexibility index (Phi) is 2.47. The summed E-state index contributed by atoms with van der Waals surface area (Å²) in [5.74, 6) is 0. The van der Waals surface area contributed by atoms with Gasteiger partial charge in [0.05, 0.1) is 6.61 Å². The predicted molar refractivity (Wildman–Crippen MR) is 49.1 cm³/mol. The average molecular weight is 167 g/mol. The van der Waals surface area contributed by atoms with E-state index in [4.69, 9.17) is 4.74 Å². The Balaban J connectivity index is 1.93. The van der Waals surface area contributed by atoms with Gasteiger partial charge in [0.1, 0.15) is 0 Å². The molecule has 2 nitrogen and oxygen atoms in total. The number of hydrogen-bond acceptors (Lipinski definition) is 2. The molecule has 0 radical (unpaired) electrons. The summed E-state index contributed by atoms with van der Waals surface area (Å²) in [4.78, 5) is 0. The molecule has 0 saturated carbocycles. The van der Waals surface area contributed by atoms with Crippen LogP contribution >= 0.6 is 0 Å². The average Bonchev–Trinajstić information content (AvgIpc) is 2.42. The second kappa shape index (κ2) is 3.58. The number of rotatable bonds is 2. The molecule has 2 aliphatic rings. The highest BCUT2D eigenvalue weighted by Gasteiger charge is 2.29. The predicted octanol–water partition coefficient (Wildman–Crippen LogP) is 1.47. The van der Waals surface area contributed by atoms with Crippen LogP contribution in [0.15, 0.2) is 11.6 Å². The molecule has 2 aliphatic heterocycles. The summed E-state index contributed by atoms with van der Waals surface area (Å²) >= 11 is 0. The standard InChI is InChI=1S/C10H17NO/c1-12-5-4-8-6-9-2-3-10(7-8)11-9/h4,9-11H,2-3,5-7H2,1H3/t9-,10?/m0/s1. The Bertz CT molecular complexity index is 174. The lowest BCUT2D eigenvalue weighted by atomic mass is 9.99. The first-order valence-electron chi connectivity index (χ1n) is 4.81. The molecule has 2 saturated heterocycles. The summed E-state index contributed by atoms with van der Waals surface area (Å²) in [6.45, 7) is 0.786. The molecule has 2 bridgehead atoms. The smallest absolute Gasteiger partial charge is 0.0646 e. The first-order chi connectivity index (χ1) is 5.88. The van der Waals surface area contributed by atoms with Crippen LogP contribution in [-0.2, 0) is 4.74 Å². The maximum atomic E-state index is 5.04. The number of nitrogens with one attached hydrogen (secondary N) is 1. The van der Waals surface area contributed by atoms with Crippen molar-refractivity contribution < 1.29 is 4.74 Å². The van der Waals surface area contributed by atoms with Gasteiger partial charge in [0, 0.05) is 19.2 Å². The van der Waals surface area contributed by atoms with E-state index in [1.165, 1.54) is 25.7 Å². The molecule has 1 N–H and O–H groups in total. The number of hydrogen-bond donors (Lipinski definition) is 1. The third-order valence-corrected chi connectivity index (χ3v) is 2.89. The molecular weight excluding hydrogens is 150 g/mol. The van der Waals surface area contributed by atoms with Crippen LogP contribution in [0.2, 0.25) is 0 Å². The maximum Gasteiger partial charge on any atom is 0.0646 e. The van der Waals surface area contributed by atoms with E-state index >= 15 is 0 Å². The monoisotopic (exact) mass is 167 g/mol. The van der Waals surface area contributed by atoms with Crippen molar-refractivity contribution in [1.29, 1.82) is 0 Å². The lowest BCUT2D eigenvalue weighted by Crippen LogP contribution is -2.34. The van der Waals surface area contributed by atoms with Gasteiger partial charge in [0.25, 0.3) is 0 Å². The van der Waals surface area contributed by atoms with Gasteiger partial charge in [-0.2, -0.15) is 0 Å². The van der Waals surface area contributed by atoms with E-state index in [1.54, 1.807) is 12.7 Å². The minimum absolute atomic E-state index is 0.770. The summed E-state index contributed by atoms with van der Waals surface area (Å²) in [5, 5.41) is 3.62. The normalized spacial score (nSPS) is 37.6. The van der Waals surface area contributed by atoms with Crippen LogP contribution in [-0.4, -0.2) is 25.8 Å². The lowest BCUT2D eigenvalue weighted by molar-refractivity contribution is 0.232. The molecule has 2 rings (SSSR count). The third kappa shape index (κ3) is 1.70. The minimum Gasteiger partial charge on any atom is -0.381 e. The molecule has 2 heteroatoms. The van der Waals surface area contributed by atoms with E-state index in [2.05, 4.69) is 11.4 Å². The van der Waals surface area contributed by atoms with Gasteiger partial charge in [-0.25, -0.2) is 0 Å². The molecular formula is C10H17NO. The summed E-state index contributed by atoms with van der Waals surface area (Å²) in [7, 11) is 1.76. The van der Waals surface area contributed by atoms with Gasteiger partial charge in [-0.3, -0.25) is 0 Å². The Morgan fingerprint density at radius 3 is 2.67 bits per heavy atom. The SMILES string of the molecule is COCC=C1CC2CC[C@@H](C1)N2. The second-order valence-electron chi connectivity index (χ2n) is 3.86. The number of fused-ring (bicyclic) bond motifs is 2. The third-order valence-electron chi connectivity index (χ3n) is 2.89. The van der Waals surface area contributed by atoms with E-state index in [0.29, 0.717) is 0 Å². The van der Waals surface area contributed by atoms with Crippen molar-refractivity contribution in [1.82, 2.24) is 5.32 Å². The summed E-state index contributed by atoms with van der Waals surface area (Å²) in [6.07, 6.45) is 7.50.